The number of aryl methyl sites for hydroxylation is 1. The highest BCUT2D eigenvalue weighted by molar-refractivity contribution is 7.12. The minimum atomic E-state index is -0.934. The van der Waals surface area contributed by atoms with Gasteiger partial charge >= 0.3 is 5.97 Å². The molecule has 5 heterocycles. The SMILES string of the molecule is O=C(O)c1cc(C2=CN=C([C@@H]3CCc4cc(-c5cc(Cl)ccc5-n5cnnn5)cc(=O)n43)C2)cs1. The molecule has 0 unspecified atom stereocenters. The van der Waals surface area contributed by atoms with Crippen LogP contribution in [0.5, 0.6) is 0 Å². The smallest absolute Gasteiger partial charge is 0.345 e. The number of hydrogen-bond acceptors (Lipinski definition) is 7. The molecule has 0 fully saturated rings. The lowest BCUT2D eigenvalue weighted by molar-refractivity contribution is 0.0702. The summed E-state index contributed by atoms with van der Waals surface area (Å²) < 4.78 is 3.36. The van der Waals surface area contributed by atoms with Crippen molar-refractivity contribution >= 4 is 40.2 Å². The van der Waals surface area contributed by atoms with Crippen LogP contribution < -0.4 is 5.56 Å². The summed E-state index contributed by atoms with van der Waals surface area (Å²) in [6.45, 7) is 0. The molecule has 9 nitrogen and oxygen atoms in total. The van der Waals surface area contributed by atoms with E-state index in [1.165, 1.54) is 17.7 Å². The van der Waals surface area contributed by atoms with E-state index >= 15 is 0 Å². The standard InChI is InChI=1S/C24H17ClN6O3S/c25-16-1-3-20(30-12-27-28-29-30)18(9-16)13-5-17-2-4-21(31(17)23(32)8-13)19-6-14(10-26-19)15-7-22(24(33)34)35-11-15/h1,3,5,7-12,21H,2,4,6H2,(H,33,34)/t21-/m0/s1. The molecular formula is C24H17ClN6O3S. The first kappa shape index (κ1) is 21.6. The minimum Gasteiger partial charge on any atom is -0.477 e. The molecule has 0 amide bonds. The molecule has 0 radical (unpaired) electrons. The third-order valence-corrected chi connectivity index (χ3v) is 7.48. The number of aromatic nitrogens is 5. The van der Waals surface area contributed by atoms with Crippen LogP contribution in [0.2, 0.25) is 5.02 Å². The van der Waals surface area contributed by atoms with E-state index in [-0.39, 0.29) is 11.6 Å². The second-order valence-corrected chi connectivity index (χ2v) is 9.72. The number of aliphatic imine (C=N–C) groups is 1. The van der Waals surface area contributed by atoms with Gasteiger partial charge < -0.3 is 9.67 Å². The van der Waals surface area contributed by atoms with Crippen LogP contribution in [0.3, 0.4) is 0 Å². The van der Waals surface area contributed by atoms with Crippen LogP contribution in [-0.2, 0) is 6.42 Å². The molecule has 2 aliphatic heterocycles. The molecule has 35 heavy (non-hydrogen) atoms. The number of hydrogen-bond donors (Lipinski definition) is 1. The van der Waals surface area contributed by atoms with Crippen LogP contribution in [-0.4, -0.2) is 41.6 Å². The van der Waals surface area contributed by atoms with Gasteiger partial charge in [0.05, 0.1) is 11.7 Å². The Kier molecular flexibility index (Phi) is 5.19. The van der Waals surface area contributed by atoms with Gasteiger partial charge in [-0.15, -0.1) is 16.4 Å². The second-order valence-electron chi connectivity index (χ2n) is 8.37. The number of rotatable bonds is 5. The Bertz CT molecular complexity index is 1600. The lowest BCUT2D eigenvalue weighted by Gasteiger charge is -2.17. The zero-order valence-electron chi connectivity index (χ0n) is 18.1. The topological polar surface area (TPSA) is 115 Å². The van der Waals surface area contributed by atoms with Crippen molar-refractivity contribution in [3.63, 3.8) is 0 Å². The fourth-order valence-corrected chi connectivity index (χ4v) is 5.66. The molecule has 0 aliphatic carbocycles. The van der Waals surface area contributed by atoms with Crippen molar-refractivity contribution in [2.24, 2.45) is 4.99 Å². The molecule has 1 N–H and O–H groups in total. The summed E-state index contributed by atoms with van der Waals surface area (Å²) in [5.41, 5.74) is 5.80. The summed E-state index contributed by atoms with van der Waals surface area (Å²) in [7, 11) is 0. The summed E-state index contributed by atoms with van der Waals surface area (Å²) in [6.07, 6.45) is 5.39. The Labute approximate surface area is 207 Å². The average molecular weight is 505 g/mol. The average Bonchev–Trinajstić information content (AvgIpc) is 3.64. The van der Waals surface area contributed by atoms with Crippen molar-refractivity contribution in [2.45, 2.75) is 25.3 Å². The summed E-state index contributed by atoms with van der Waals surface area (Å²) in [5, 5.41) is 23.0. The molecule has 0 bridgehead atoms. The maximum absolute atomic E-state index is 13.3. The molecule has 2 aliphatic rings. The van der Waals surface area contributed by atoms with E-state index in [4.69, 9.17) is 11.6 Å². The zero-order valence-corrected chi connectivity index (χ0v) is 19.7. The van der Waals surface area contributed by atoms with Crippen molar-refractivity contribution < 1.29 is 9.90 Å². The Morgan fingerprint density at radius 3 is 2.83 bits per heavy atom. The number of carboxylic acids is 1. The molecule has 1 aromatic carbocycles. The summed E-state index contributed by atoms with van der Waals surface area (Å²) >= 11 is 7.48. The molecule has 174 valence electrons. The molecule has 11 heteroatoms. The monoisotopic (exact) mass is 504 g/mol. The second kappa shape index (κ2) is 8.40. The van der Waals surface area contributed by atoms with Gasteiger partial charge in [-0.2, -0.15) is 4.68 Å². The highest BCUT2D eigenvalue weighted by atomic mass is 35.5. The van der Waals surface area contributed by atoms with Gasteiger partial charge in [0.25, 0.3) is 5.56 Å². The van der Waals surface area contributed by atoms with E-state index in [1.54, 1.807) is 35.1 Å². The molecule has 0 saturated heterocycles. The number of halogens is 1. The lowest BCUT2D eigenvalue weighted by Crippen LogP contribution is -2.27. The number of allylic oxidation sites excluding steroid dienone is 1. The van der Waals surface area contributed by atoms with Gasteiger partial charge in [-0.1, -0.05) is 11.6 Å². The van der Waals surface area contributed by atoms with Crippen LogP contribution in [0.15, 0.2) is 64.1 Å². The highest BCUT2D eigenvalue weighted by Gasteiger charge is 2.30. The van der Waals surface area contributed by atoms with Crippen LogP contribution in [0.1, 0.15) is 39.8 Å². The Hall–Kier alpha value is -3.89. The van der Waals surface area contributed by atoms with E-state index in [1.807, 2.05) is 22.1 Å². The van der Waals surface area contributed by atoms with Crippen LogP contribution in [0.25, 0.3) is 22.4 Å². The van der Waals surface area contributed by atoms with Crippen molar-refractivity contribution in [3.05, 3.63) is 85.8 Å². The molecule has 3 aromatic heterocycles. The van der Waals surface area contributed by atoms with Crippen LogP contribution >= 0.6 is 22.9 Å². The first-order valence-corrected chi connectivity index (χ1v) is 12.1. The molecule has 1 atom stereocenters. The maximum Gasteiger partial charge on any atom is 0.345 e. The number of carbonyl (C=O) groups is 1. The van der Waals surface area contributed by atoms with Crippen molar-refractivity contribution in [1.29, 1.82) is 0 Å². The number of tetrazole rings is 1. The van der Waals surface area contributed by atoms with Gasteiger partial charge in [0.15, 0.2) is 0 Å². The number of nitrogens with zero attached hydrogens (tertiary/aromatic N) is 6. The third kappa shape index (κ3) is 3.80. The normalized spacial score (nSPS) is 16.8. The van der Waals surface area contributed by atoms with Crippen LogP contribution in [0, 0.1) is 0 Å². The maximum atomic E-state index is 13.3. The van der Waals surface area contributed by atoms with Crippen LogP contribution in [0.4, 0.5) is 0 Å². The van der Waals surface area contributed by atoms with E-state index in [9.17, 15) is 14.7 Å². The van der Waals surface area contributed by atoms with Gasteiger partial charge in [0, 0.05) is 40.7 Å². The van der Waals surface area contributed by atoms with Crippen molar-refractivity contribution in [3.8, 4) is 16.8 Å². The molecular weight excluding hydrogens is 488 g/mol. The fourth-order valence-electron chi connectivity index (χ4n) is 4.72. The predicted octanol–water partition coefficient (Wildman–Crippen LogP) is 4.28. The van der Waals surface area contributed by atoms with Gasteiger partial charge in [-0.05, 0) is 75.7 Å². The number of benzene rings is 1. The first-order chi connectivity index (χ1) is 17.0. The number of pyridine rings is 1. The van der Waals surface area contributed by atoms with E-state index in [0.717, 1.165) is 52.2 Å². The van der Waals surface area contributed by atoms with Crippen molar-refractivity contribution in [1.82, 2.24) is 24.8 Å². The molecule has 0 saturated carbocycles. The largest absolute Gasteiger partial charge is 0.477 e. The Morgan fingerprint density at radius 1 is 1.17 bits per heavy atom. The minimum absolute atomic E-state index is 0.109. The van der Waals surface area contributed by atoms with Gasteiger partial charge in [-0.25, -0.2) is 4.79 Å². The Morgan fingerprint density at radius 2 is 2.06 bits per heavy atom. The number of carboxylic acid groups (broad SMARTS) is 1. The molecule has 6 rings (SSSR count). The molecule has 0 spiro atoms. The zero-order chi connectivity index (χ0) is 24.1. The Balaban J connectivity index is 1.31. The summed E-state index contributed by atoms with van der Waals surface area (Å²) in [6, 6.07) is 10.6. The summed E-state index contributed by atoms with van der Waals surface area (Å²) in [4.78, 5) is 29.5. The van der Waals surface area contributed by atoms with Gasteiger partial charge in [0.2, 0.25) is 0 Å². The van der Waals surface area contributed by atoms with Crippen molar-refractivity contribution in [2.75, 3.05) is 0 Å². The predicted molar refractivity (Wildman–Crippen MR) is 133 cm³/mol. The van der Waals surface area contributed by atoms with Gasteiger partial charge in [0.1, 0.15) is 11.2 Å². The fraction of sp³-hybridized carbons (Fsp3) is 0.167. The van der Waals surface area contributed by atoms with Gasteiger partial charge in [-0.3, -0.25) is 9.79 Å². The quantitative estimate of drug-likeness (QED) is 0.434. The van der Waals surface area contributed by atoms with E-state index in [2.05, 4.69) is 20.5 Å². The summed E-state index contributed by atoms with van der Waals surface area (Å²) in [5.74, 6) is -0.934. The molecule has 4 aromatic rings. The first-order valence-electron chi connectivity index (χ1n) is 10.8. The number of thiophene rings is 1. The third-order valence-electron chi connectivity index (χ3n) is 6.32. The lowest BCUT2D eigenvalue weighted by atomic mass is 10.0. The van der Waals surface area contributed by atoms with E-state index in [0.29, 0.717) is 16.3 Å². The van der Waals surface area contributed by atoms with E-state index < -0.39 is 5.97 Å². The highest BCUT2D eigenvalue weighted by Crippen LogP contribution is 2.36. The number of fused-ring (bicyclic) bond motifs is 1. The number of aromatic carboxylic acids is 1.